The van der Waals surface area contributed by atoms with Crippen LogP contribution in [-0.4, -0.2) is 32.3 Å². The van der Waals surface area contributed by atoms with Gasteiger partial charge in [0.15, 0.2) is 0 Å². The van der Waals surface area contributed by atoms with Crippen LogP contribution in [0.3, 0.4) is 0 Å². The summed E-state index contributed by atoms with van der Waals surface area (Å²) >= 11 is 0. The van der Waals surface area contributed by atoms with Gasteiger partial charge in [-0.1, -0.05) is 92.2 Å². The number of hydrogen-bond donors (Lipinski definition) is 1. The summed E-state index contributed by atoms with van der Waals surface area (Å²) in [5, 5.41) is 3.75. The highest BCUT2D eigenvalue weighted by molar-refractivity contribution is 7.58. The van der Waals surface area contributed by atoms with Crippen molar-refractivity contribution < 1.29 is 23.1 Å². The van der Waals surface area contributed by atoms with Crippen LogP contribution < -0.4 is 10.2 Å². The minimum atomic E-state index is -3.72. The van der Waals surface area contributed by atoms with E-state index in [4.69, 9.17) is 13.8 Å². The SMILES string of the molecule is CC1=C(C(=O)OCCN(Cc2ccccc2)c2ccccc2)C(c2cccc(C)c2)C(P2(=O)OCC(C)(C)CO2)=C(C)N1. The molecular weight excluding hydrogens is 559 g/mol. The number of anilines is 1. The summed E-state index contributed by atoms with van der Waals surface area (Å²) < 4.78 is 32.3. The molecule has 3 aromatic rings. The number of carbonyl (C=O) groups is 1. The highest BCUT2D eigenvalue weighted by Crippen LogP contribution is 2.66. The fraction of sp³-hybridized carbons (Fsp3) is 0.343. The summed E-state index contributed by atoms with van der Waals surface area (Å²) in [6.45, 7) is 11.7. The number of ether oxygens (including phenoxy) is 1. The molecule has 3 aromatic carbocycles. The molecule has 0 spiro atoms. The fourth-order valence-corrected chi connectivity index (χ4v) is 8.05. The summed E-state index contributed by atoms with van der Waals surface area (Å²) in [6.07, 6.45) is 0. The van der Waals surface area contributed by atoms with Crippen LogP contribution in [0, 0.1) is 12.3 Å². The van der Waals surface area contributed by atoms with E-state index >= 15 is 0 Å². The van der Waals surface area contributed by atoms with E-state index in [9.17, 15) is 9.36 Å². The number of hydrogen-bond acceptors (Lipinski definition) is 7. The third-order valence-corrected chi connectivity index (χ3v) is 9.92. The topological polar surface area (TPSA) is 77.1 Å². The van der Waals surface area contributed by atoms with Crippen LogP contribution in [0.2, 0.25) is 0 Å². The minimum absolute atomic E-state index is 0.175. The van der Waals surface area contributed by atoms with Crippen molar-refractivity contribution in [2.45, 2.75) is 47.1 Å². The van der Waals surface area contributed by atoms with E-state index in [1.54, 1.807) is 0 Å². The molecule has 43 heavy (non-hydrogen) atoms. The van der Waals surface area contributed by atoms with Gasteiger partial charge in [-0.2, -0.15) is 0 Å². The Balaban J connectivity index is 1.41. The molecule has 8 heteroatoms. The molecule has 7 nitrogen and oxygen atoms in total. The molecule has 5 rings (SSSR count). The predicted octanol–water partition coefficient (Wildman–Crippen LogP) is 7.70. The summed E-state index contributed by atoms with van der Waals surface area (Å²) in [6, 6.07) is 28.2. The first-order chi connectivity index (χ1) is 20.6. The van der Waals surface area contributed by atoms with E-state index in [1.807, 2.05) is 95.3 Å². The Morgan fingerprint density at radius 2 is 1.58 bits per heavy atom. The molecule has 1 saturated heterocycles. The van der Waals surface area contributed by atoms with E-state index in [-0.39, 0.29) is 12.0 Å². The molecule has 0 aliphatic carbocycles. The number of nitrogens with zero attached hydrogens (tertiary/aromatic N) is 1. The van der Waals surface area contributed by atoms with Gasteiger partial charge in [0, 0.05) is 29.0 Å². The number of benzene rings is 3. The number of dihydropyridines is 1. The number of allylic oxidation sites excluding steroid dienone is 3. The van der Waals surface area contributed by atoms with Crippen molar-refractivity contribution >= 4 is 19.3 Å². The van der Waals surface area contributed by atoms with Crippen LogP contribution in [0.25, 0.3) is 0 Å². The third kappa shape index (κ3) is 7.13. The van der Waals surface area contributed by atoms with Crippen molar-refractivity contribution in [3.8, 4) is 0 Å². The molecule has 226 valence electrons. The van der Waals surface area contributed by atoms with Crippen molar-refractivity contribution in [1.29, 1.82) is 0 Å². The number of para-hydroxylation sites is 1. The normalized spacial score (nSPS) is 19.5. The molecule has 2 aliphatic heterocycles. The zero-order chi connectivity index (χ0) is 30.6. The lowest BCUT2D eigenvalue weighted by molar-refractivity contribution is -0.139. The molecule has 1 unspecified atom stereocenters. The number of rotatable bonds is 9. The minimum Gasteiger partial charge on any atom is -0.460 e. The summed E-state index contributed by atoms with van der Waals surface area (Å²) in [5.41, 5.74) is 5.55. The molecule has 1 atom stereocenters. The first-order valence-electron chi connectivity index (χ1n) is 14.7. The number of carbonyl (C=O) groups excluding carboxylic acids is 1. The monoisotopic (exact) mass is 600 g/mol. The van der Waals surface area contributed by atoms with Gasteiger partial charge in [-0.15, -0.1) is 0 Å². The van der Waals surface area contributed by atoms with Crippen molar-refractivity contribution in [3.63, 3.8) is 0 Å². The highest BCUT2D eigenvalue weighted by Gasteiger charge is 2.48. The van der Waals surface area contributed by atoms with Gasteiger partial charge in [0.1, 0.15) is 6.61 Å². The average Bonchev–Trinajstić information content (AvgIpc) is 2.99. The third-order valence-electron chi connectivity index (χ3n) is 7.80. The maximum absolute atomic E-state index is 14.3. The second-order valence-corrected chi connectivity index (χ2v) is 14.1. The van der Waals surface area contributed by atoms with Gasteiger partial charge in [-0.05, 0) is 44.0 Å². The number of esters is 1. The molecule has 0 aromatic heterocycles. The molecule has 0 saturated carbocycles. The average molecular weight is 601 g/mol. The largest absolute Gasteiger partial charge is 0.460 e. The Labute approximate surface area is 255 Å². The zero-order valence-corrected chi connectivity index (χ0v) is 26.5. The standard InChI is InChI=1S/C35H41N2O5P/c1-25-13-12-16-29(21-25)32-31(26(2)36-27(3)33(32)43(39)41-23-35(4,5)24-42-43)34(38)40-20-19-37(30-17-10-7-11-18-30)22-28-14-8-6-9-15-28/h6-18,21,32,36H,19-20,22-24H2,1-5H3. The van der Waals surface area contributed by atoms with Crippen LogP contribution in [0.4, 0.5) is 5.69 Å². The van der Waals surface area contributed by atoms with E-state index in [2.05, 4.69) is 34.5 Å². The maximum Gasteiger partial charge on any atom is 0.360 e. The van der Waals surface area contributed by atoms with Crippen LogP contribution >= 0.6 is 7.60 Å². The quantitative estimate of drug-likeness (QED) is 0.199. The predicted molar refractivity (Wildman–Crippen MR) is 171 cm³/mol. The molecule has 0 bridgehead atoms. The van der Waals surface area contributed by atoms with Crippen molar-refractivity contribution in [1.82, 2.24) is 5.32 Å². The lowest BCUT2D eigenvalue weighted by Crippen LogP contribution is -2.34. The maximum atomic E-state index is 14.3. The van der Waals surface area contributed by atoms with Gasteiger partial charge in [-0.25, -0.2) is 4.79 Å². The first kappa shape index (κ1) is 30.8. The van der Waals surface area contributed by atoms with Crippen LogP contribution in [-0.2, 0) is 29.7 Å². The smallest absolute Gasteiger partial charge is 0.360 e. The Morgan fingerprint density at radius 3 is 2.23 bits per heavy atom. The van der Waals surface area contributed by atoms with Gasteiger partial charge in [-0.3, -0.25) is 4.57 Å². The number of aryl methyl sites for hydroxylation is 1. The first-order valence-corrected chi connectivity index (χ1v) is 16.3. The van der Waals surface area contributed by atoms with Crippen molar-refractivity contribution in [2.75, 3.05) is 31.3 Å². The zero-order valence-electron chi connectivity index (χ0n) is 25.6. The lowest BCUT2D eigenvalue weighted by Gasteiger charge is -2.39. The van der Waals surface area contributed by atoms with E-state index in [1.165, 1.54) is 0 Å². The Morgan fingerprint density at radius 1 is 0.930 bits per heavy atom. The molecule has 0 radical (unpaired) electrons. The highest BCUT2D eigenvalue weighted by atomic mass is 31.2. The second kappa shape index (κ2) is 12.9. The molecular formula is C35H41N2O5P. The fourth-order valence-electron chi connectivity index (χ4n) is 5.60. The van der Waals surface area contributed by atoms with Crippen molar-refractivity contribution in [2.24, 2.45) is 5.41 Å². The van der Waals surface area contributed by atoms with Gasteiger partial charge in [0.05, 0.1) is 36.6 Å². The summed E-state index contributed by atoms with van der Waals surface area (Å²) in [7, 11) is -3.72. The van der Waals surface area contributed by atoms with Gasteiger partial charge >= 0.3 is 13.6 Å². The molecule has 1 N–H and O–H groups in total. The molecule has 2 aliphatic rings. The summed E-state index contributed by atoms with van der Waals surface area (Å²) in [5.74, 6) is -1.10. The van der Waals surface area contributed by atoms with E-state index in [0.717, 1.165) is 22.4 Å². The summed E-state index contributed by atoms with van der Waals surface area (Å²) in [4.78, 5) is 16.2. The molecule has 1 fully saturated rings. The Hall–Kier alpha value is -3.64. The Bertz CT molecular complexity index is 1550. The van der Waals surface area contributed by atoms with Crippen LogP contribution in [0.1, 0.15) is 50.3 Å². The van der Waals surface area contributed by atoms with Crippen molar-refractivity contribution in [3.05, 3.63) is 124 Å². The number of nitrogens with one attached hydrogen (secondary N) is 1. The lowest BCUT2D eigenvalue weighted by atomic mass is 9.86. The molecule has 2 heterocycles. The van der Waals surface area contributed by atoms with Gasteiger partial charge in [0.2, 0.25) is 0 Å². The molecule has 0 amide bonds. The van der Waals surface area contributed by atoms with E-state index in [0.29, 0.717) is 48.6 Å². The van der Waals surface area contributed by atoms with Gasteiger partial charge < -0.3 is 24.0 Å². The van der Waals surface area contributed by atoms with Gasteiger partial charge in [0.25, 0.3) is 0 Å². The Kier molecular flexibility index (Phi) is 9.26. The van der Waals surface area contributed by atoms with Crippen LogP contribution in [0.15, 0.2) is 107 Å². The van der Waals surface area contributed by atoms with Crippen LogP contribution in [0.5, 0.6) is 0 Å². The second-order valence-electron chi connectivity index (χ2n) is 12.1. The van der Waals surface area contributed by atoms with E-state index < -0.39 is 19.5 Å².